The number of benzene rings is 1. The second-order valence-corrected chi connectivity index (χ2v) is 7.01. The molecule has 0 aromatic heterocycles. The van der Waals surface area contributed by atoms with Crippen LogP contribution in [0.3, 0.4) is 0 Å². The van der Waals surface area contributed by atoms with Gasteiger partial charge in [-0.1, -0.05) is 57.5 Å². The van der Waals surface area contributed by atoms with Crippen LogP contribution in [0.5, 0.6) is 5.75 Å². The zero-order chi connectivity index (χ0) is 14.6. The van der Waals surface area contributed by atoms with E-state index in [0.29, 0.717) is 11.1 Å². The van der Waals surface area contributed by atoms with Gasteiger partial charge in [-0.05, 0) is 25.0 Å². The lowest BCUT2D eigenvalue weighted by Gasteiger charge is -2.30. The molecule has 1 aromatic carbocycles. The van der Waals surface area contributed by atoms with E-state index in [9.17, 15) is 8.78 Å². The summed E-state index contributed by atoms with van der Waals surface area (Å²) in [5.74, 6) is -1.81. The van der Waals surface area contributed by atoms with Gasteiger partial charge in [-0.25, -0.2) is 4.39 Å². The Morgan fingerprint density at radius 1 is 1.10 bits per heavy atom. The normalized spacial score (nSPS) is 18.6. The van der Waals surface area contributed by atoms with Gasteiger partial charge in [0.15, 0.2) is 11.6 Å². The third-order valence-electron chi connectivity index (χ3n) is 3.94. The Morgan fingerprint density at radius 2 is 1.75 bits per heavy atom. The molecule has 0 N–H and O–H groups in total. The molecular weight excluding hydrogens is 394 g/mol. The van der Waals surface area contributed by atoms with Crippen LogP contribution in [0, 0.1) is 17.0 Å². The lowest BCUT2D eigenvalue weighted by Crippen LogP contribution is -2.30. The van der Waals surface area contributed by atoms with Gasteiger partial charge in [-0.15, -0.1) is 0 Å². The van der Waals surface area contributed by atoms with E-state index in [2.05, 4.69) is 31.9 Å². The second kappa shape index (κ2) is 7.21. The van der Waals surface area contributed by atoms with Crippen molar-refractivity contribution in [3.8, 4) is 5.75 Å². The van der Waals surface area contributed by atoms with Crippen molar-refractivity contribution in [2.24, 2.45) is 5.41 Å². The number of rotatable bonds is 4. The van der Waals surface area contributed by atoms with Gasteiger partial charge in [0.2, 0.25) is 5.82 Å². The van der Waals surface area contributed by atoms with Gasteiger partial charge < -0.3 is 4.74 Å². The number of halogens is 4. The molecule has 1 aromatic rings. The van der Waals surface area contributed by atoms with E-state index in [1.807, 2.05) is 0 Å². The molecule has 0 heterocycles. The molecule has 0 bridgehead atoms. The first-order valence-electron chi connectivity index (χ1n) is 6.90. The summed E-state index contributed by atoms with van der Waals surface area (Å²) in [5.41, 5.74) is 0.0295. The van der Waals surface area contributed by atoms with E-state index in [1.54, 1.807) is 0 Å². The summed E-state index contributed by atoms with van der Waals surface area (Å²) in [5, 5.41) is 0.831. The molecule has 112 valence electrons. The molecule has 5 heteroatoms. The number of alkyl halides is 1. The Bertz CT molecular complexity index is 457. The molecule has 0 amide bonds. The van der Waals surface area contributed by atoms with Gasteiger partial charge in [0, 0.05) is 15.2 Å². The van der Waals surface area contributed by atoms with E-state index in [1.165, 1.54) is 31.7 Å². The van der Waals surface area contributed by atoms with Crippen molar-refractivity contribution in [3.05, 3.63) is 28.2 Å². The zero-order valence-corrected chi connectivity index (χ0v) is 14.4. The Morgan fingerprint density at radius 3 is 2.35 bits per heavy atom. The average molecular weight is 412 g/mol. The molecule has 0 radical (unpaired) electrons. The van der Waals surface area contributed by atoms with Gasteiger partial charge in [-0.2, -0.15) is 4.39 Å². The molecule has 2 rings (SSSR count). The highest BCUT2D eigenvalue weighted by Crippen LogP contribution is 2.38. The summed E-state index contributed by atoms with van der Waals surface area (Å²) in [7, 11) is 0. The average Bonchev–Trinajstić information content (AvgIpc) is 2.67. The van der Waals surface area contributed by atoms with Crippen molar-refractivity contribution in [1.82, 2.24) is 0 Å². The van der Waals surface area contributed by atoms with Crippen molar-refractivity contribution < 1.29 is 13.5 Å². The fourth-order valence-corrected chi connectivity index (χ4v) is 3.79. The molecular formula is C15H18Br2F2O. The van der Waals surface area contributed by atoms with Crippen LogP contribution in [0.15, 0.2) is 16.6 Å². The highest BCUT2D eigenvalue weighted by atomic mass is 79.9. The molecule has 20 heavy (non-hydrogen) atoms. The van der Waals surface area contributed by atoms with Crippen molar-refractivity contribution in [3.63, 3.8) is 0 Å². The number of hydrogen-bond donors (Lipinski definition) is 0. The van der Waals surface area contributed by atoms with Crippen LogP contribution in [0.2, 0.25) is 0 Å². The maximum absolute atomic E-state index is 13.7. The van der Waals surface area contributed by atoms with Crippen molar-refractivity contribution in [1.29, 1.82) is 0 Å². The first-order valence-corrected chi connectivity index (χ1v) is 8.81. The Hall–Kier alpha value is -0.160. The van der Waals surface area contributed by atoms with Gasteiger partial charge in [0.05, 0.1) is 6.61 Å². The molecule has 0 aliphatic heterocycles. The van der Waals surface area contributed by atoms with Crippen molar-refractivity contribution in [2.45, 2.75) is 38.5 Å². The molecule has 0 unspecified atom stereocenters. The van der Waals surface area contributed by atoms with Crippen molar-refractivity contribution in [2.75, 3.05) is 11.9 Å². The van der Waals surface area contributed by atoms with Gasteiger partial charge in [0.25, 0.3) is 0 Å². The standard InChI is InChI=1S/C15H18Br2F2O/c16-9-15(5-3-1-2-4-6-15)10-20-13-8-11(17)7-12(18)14(13)19/h7-8H,1-6,9-10H2. The maximum atomic E-state index is 13.7. The molecule has 1 fully saturated rings. The predicted molar refractivity (Wildman–Crippen MR) is 83.5 cm³/mol. The summed E-state index contributed by atoms with van der Waals surface area (Å²) < 4.78 is 33.2. The third-order valence-corrected chi connectivity index (χ3v) is 5.59. The van der Waals surface area contributed by atoms with E-state index in [0.717, 1.165) is 24.2 Å². The smallest absolute Gasteiger partial charge is 0.200 e. The van der Waals surface area contributed by atoms with E-state index >= 15 is 0 Å². The van der Waals surface area contributed by atoms with E-state index in [-0.39, 0.29) is 11.2 Å². The van der Waals surface area contributed by atoms with Crippen LogP contribution in [0.1, 0.15) is 38.5 Å². The van der Waals surface area contributed by atoms with Crippen molar-refractivity contribution >= 4 is 31.9 Å². The first kappa shape index (κ1) is 16.2. The van der Waals surface area contributed by atoms with Gasteiger partial charge >= 0.3 is 0 Å². The van der Waals surface area contributed by atoms with E-state index in [4.69, 9.17) is 4.74 Å². The Kier molecular flexibility index (Phi) is 5.84. The first-order chi connectivity index (χ1) is 9.56. The maximum Gasteiger partial charge on any atom is 0.200 e. The fourth-order valence-electron chi connectivity index (χ4n) is 2.66. The largest absolute Gasteiger partial charge is 0.490 e. The Balaban J connectivity index is 2.10. The van der Waals surface area contributed by atoms with Crippen LogP contribution in [-0.4, -0.2) is 11.9 Å². The third kappa shape index (κ3) is 3.94. The number of hydrogen-bond acceptors (Lipinski definition) is 1. The highest BCUT2D eigenvalue weighted by Gasteiger charge is 2.31. The monoisotopic (exact) mass is 410 g/mol. The SMILES string of the molecule is Fc1cc(Br)cc(OCC2(CBr)CCCCCC2)c1F. The molecule has 1 aliphatic rings. The molecule has 0 atom stereocenters. The fraction of sp³-hybridized carbons (Fsp3) is 0.600. The quantitative estimate of drug-likeness (QED) is 0.343. The van der Waals surface area contributed by atoms with Crippen LogP contribution < -0.4 is 4.74 Å². The molecule has 0 spiro atoms. The number of ether oxygens (including phenoxy) is 1. The summed E-state index contributed by atoms with van der Waals surface area (Å²) in [4.78, 5) is 0. The van der Waals surface area contributed by atoms with Gasteiger partial charge in [0.1, 0.15) is 0 Å². The molecule has 1 aliphatic carbocycles. The molecule has 1 saturated carbocycles. The Labute approximate surface area is 135 Å². The predicted octanol–water partition coefficient (Wildman–Crippen LogP) is 5.84. The van der Waals surface area contributed by atoms with Gasteiger partial charge in [-0.3, -0.25) is 0 Å². The lowest BCUT2D eigenvalue weighted by molar-refractivity contribution is 0.143. The zero-order valence-electron chi connectivity index (χ0n) is 11.2. The summed E-state index contributed by atoms with van der Waals surface area (Å²) in [6.07, 6.45) is 6.96. The summed E-state index contributed by atoms with van der Waals surface area (Å²) in [6.45, 7) is 0.422. The second-order valence-electron chi connectivity index (χ2n) is 5.54. The minimum Gasteiger partial charge on any atom is -0.490 e. The summed E-state index contributed by atoms with van der Waals surface area (Å²) >= 11 is 6.73. The summed E-state index contributed by atoms with van der Waals surface area (Å²) in [6, 6.07) is 2.59. The minimum atomic E-state index is -0.911. The van der Waals surface area contributed by atoms with Crippen LogP contribution in [0.25, 0.3) is 0 Å². The highest BCUT2D eigenvalue weighted by molar-refractivity contribution is 9.10. The lowest BCUT2D eigenvalue weighted by atomic mass is 9.83. The van der Waals surface area contributed by atoms with E-state index < -0.39 is 11.6 Å². The van der Waals surface area contributed by atoms with Crippen LogP contribution >= 0.6 is 31.9 Å². The minimum absolute atomic E-state index is 0.0125. The molecule has 1 nitrogen and oxygen atoms in total. The molecule has 0 saturated heterocycles. The topological polar surface area (TPSA) is 9.23 Å². The van der Waals surface area contributed by atoms with Crippen LogP contribution in [0.4, 0.5) is 8.78 Å². The van der Waals surface area contributed by atoms with Crippen LogP contribution in [-0.2, 0) is 0 Å².